The minimum Gasteiger partial charge on any atom is -0.390 e. The van der Waals surface area contributed by atoms with E-state index in [0.29, 0.717) is 18.8 Å². The number of ether oxygens (including phenoxy) is 1. The molecule has 6 nitrogen and oxygen atoms in total. The van der Waals surface area contributed by atoms with Gasteiger partial charge in [0.25, 0.3) is 0 Å². The van der Waals surface area contributed by atoms with Gasteiger partial charge in [-0.2, -0.15) is 0 Å². The van der Waals surface area contributed by atoms with Crippen molar-refractivity contribution >= 4 is 10.0 Å². The van der Waals surface area contributed by atoms with Crippen molar-refractivity contribution in [3.05, 3.63) is 18.0 Å². The summed E-state index contributed by atoms with van der Waals surface area (Å²) in [5, 5.41) is 9.32. The van der Waals surface area contributed by atoms with E-state index >= 15 is 0 Å². The van der Waals surface area contributed by atoms with E-state index in [1.807, 2.05) is 13.8 Å². The molecule has 0 radical (unpaired) electrons. The Morgan fingerprint density at radius 3 is 2.90 bits per heavy atom. The van der Waals surface area contributed by atoms with Gasteiger partial charge >= 0.3 is 0 Å². The van der Waals surface area contributed by atoms with E-state index in [-0.39, 0.29) is 23.6 Å². The molecule has 1 aromatic heterocycles. The molecule has 0 amide bonds. The number of nitrogens with zero attached hydrogens (tertiary/aromatic N) is 1. The van der Waals surface area contributed by atoms with Crippen LogP contribution in [0.2, 0.25) is 0 Å². The van der Waals surface area contributed by atoms with E-state index in [0.717, 1.165) is 19.3 Å². The normalized spacial score (nSPS) is 20.8. The van der Waals surface area contributed by atoms with Gasteiger partial charge in [-0.25, -0.2) is 13.1 Å². The molecule has 0 aromatic carbocycles. The first-order chi connectivity index (χ1) is 9.97. The molecule has 0 saturated carbocycles. The Balaban J connectivity index is 2.14. The third kappa shape index (κ3) is 3.85. The summed E-state index contributed by atoms with van der Waals surface area (Å²) in [4.78, 5) is 0.199. The van der Waals surface area contributed by atoms with Crippen LogP contribution in [0.5, 0.6) is 0 Å². The fourth-order valence-corrected chi connectivity index (χ4v) is 3.97. The van der Waals surface area contributed by atoms with Gasteiger partial charge in [-0.05, 0) is 32.3 Å². The maximum Gasteiger partial charge on any atom is 0.242 e. The predicted molar refractivity (Wildman–Crippen MR) is 79.4 cm³/mol. The van der Waals surface area contributed by atoms with E-state index in [2.05, 4.69) is 4.72 Å². The quantitative estimate of drug-likeness (QED) is 0.793. The molecular weight excluding hydrogens is 292 g/mol. The Morgan fingerprint density at radius 2 is 2.33 bits per heavy atom. The van der Waals surface area contributed by atoms with Crippen LogP contribution in [-0.4, -0.2) is 36.8 Å². The molecule has 1 aromatic rings. The molecule has 0 spiro atoms. The average Bonchev–Trinajstić information content (AvgIpc) is 3.08. The molecule has 7 heteroatoms. The lowest BCUT2D eigenvalue weighted by atomic mass is 10.1. The van der Waals surface area contributed by atoms with Crippen LogP contribution in [-0.2, 0) is 27.9 Å². The molecule has 2 unspecified atom stereocenters. The van der Waals surface area contributed by atoms with Crippen molar-refractivity contribution in [2.75, 3.05) is 6.61 Å². The first-order valence-corrected chi connectivity index (χ1v) is 8.90. The Kier molecular flexibility index (Phi) is 5.43. The first-order valence-electron chi connectivity index (χ1n) is 7.41. The number of hydrogen-bond acceptors (Lipinski definition) is 4. The fraction of sp³-hybridized carbons (Fsp3) is 0.714. The Hall–Kier alpha value is -0.890. The summed E-state index contributed by atoms with van der Waals surface area (Å²) in [6, 6.07) is 1.27. The van der Waals surface area contributed by atoms with Crippen LogP contribution < -0.4 is 4.72 Å². The summed E-state index contributed by atoms with van der Waals surface area (Å²) >= 11 is 0. The van der Waals surface area contributed by atoms with Crippen LogP contribution in [0.25, 0.3) is 0 Å². The van der Waals surface area contributed by atoms with Gasteiger partial charge in [0.2, 0.25) is 10.0 Å². The number of hydrogen-bond donors (Lipinski definition) is 2. The lowest BCUT2D eigenvalue weighted by Gasteiger charge is -2.19. The van der Waals surface area contributed by atoms with E-state index in [1.165, 1.54) is 6.07 Å². The highest BCUT2D eigenvalue weighted by atomic mass is 32.2. The molecule has 0 bridgehead atoms. The molecule has 21 heavy (non-hydrogen) atoms. The van der Waals surface area contributed by atoms with Crippen molar-refractivity contribution in [3.8, 4) is 0 Å². The first kappa shape index (κ1) is 16.5. The number of rotatable bonds is 7. The van der Waals surface area contributed by atoms with E-state index in [9.17, 15) is 13.5 Å². The Labute approximate surface area is 126 Å². The molecule has 2 heterocycles. The highest BCUT2D eigenvalue weighted by Gasteiger charge is 2.27. The van der Waals surface area contributed by atoms with E-state index < -0.39 is 10.0 Å². The van der Waals surface area contributed by atoms with Crippen molar-refractivity contribution in [2.24, 2.45) is 0 Å². The summed E-state index contributed by atoms with van der Waals surface area (Å²) < 4.78 is 34.8. The Morgan fingerprint density at radius 1 is 1.57 bits per heavy atom. The summed E-state index contributed by atoms with van der Waals surface area (Å²) in [6.07, 6.45) is 4.25. The second-order valence-electron chi connectivity index (χ2n) is 5.48. The van der Waals surface area contributed by atoms with E-state index in [4.69, 9.17) is 4.74 Å². The molecule has 2 atom stereocenters. The number of nitrogens with one attached hydrogen (secondary N) is 1. The van der Waals surface area contributed by atoms with Gasteiger partial charge in [0.1, 0.15) is 0 Å². The predicted octanol–water partition coefficient (Wildman–Crippen LogP) is 1.24. The number of aromatic nitrogens is 1. The molecule has 120 valence electrons. The highest BCUT2D eigenvalue weighted by molar-refractivity contribution is 7.89. The maximum atomic E-state index is 12.4. The minimum atomic E-state index is -3.59. The summed E-state index contributed by atoms with van der Waals surface area (Å²) in [7, 11) is -3.59. The number of aliphatic hydroxyl groups excluding tert-OH is 1. The maximum absolute atomic E-state index is 12.4. The SMILES string of the molecule is CCCn1cc(S(=O)(=O)NC(C)C2CCCO2)cc1CO. The van der Waals surface area contributed by atoms with Crippen LogP contribution in [0.4, 0.5) is 0 Å². The monoisotopic (exact) mass is 316 g/mol. The van der Waals surface area contributed by atoms with Gasteiger partial charge in [0.15, 0.2) is 0 Å². The van der Waals surface area contributed by atoms with Crippen molar-refractivity contribution in [1.29, 1.82) is 0 Å². The fourth-order valence-electron chi connectivity index (χ4n) is 2.64. The summed E-state index contributed by atoms with van der Waals surface area (Å²) in [5.41, 5.74) is 0.613. The zero-order chi connectivity index (χ0) is 15.5. The van der Waals surface area contributed by atoms with Crippen molar-refractivity contribution < 1.29 is 18.3 Å². The van der Waals surface area contributed by atoms with Crippen LogP contribution in [0, 0.1) is 0 Å². The van der Waals surface area contributed by atoms with Crippen LogP contribution in [0.15, 0.2) is 17.2 Å². The molecule has 1 fully saturated rings. The van der Waals surface area contributed by atoms with Crippen LogP contribution >= 0.6 is 0 Å². The standard InChI is InChI=1S/C14H24N2O4S/c1-3-6-16-9-13(8-12(16)10-17)21(18,19)15-11(2)14-5-4-7-20-14/h8-9,11,14-15,17H,3-7,10H2,1-2H3. The zero-order valence-electron chi connectivity index (χ0n) is 12.6. The average molecular weight is 316 g/mol. The highest BCUT2D eigenvalue weighted by Crippen LogP contribution is 2.19. The number of aryl methyl sites for hydroxylation is 1. The molecular formula is C14H24N2O4S. The van der Waals surface area contributed by atoms with Crippen molar-refractivity contribution in [3.63, 3.8) is 0 Å². The number of aliphatic hydroxyl groups is 1. The Bertz CT molecular complexity index is 562. The molecule has 2 rings (SSSR count). The van der Waals surface area contributed by atoms with Gasteiger partial charge in [-0.3, -0.25) is 0 Å². The molecule has 1 saturated heterocycles. The topological polar surface area (TPSA) is 80.6 Å². The van der Waals surface area contributed by atoms with Gasteiger partial charge in [-0.15, -0.1) is 0 Å². The summed E-state index contributed by atoms with van der Waals surface area (Å²) in [5.74, 6) is 0. The molecule has 1 aliphatic heterocycles. The van der Waals surface area contributed by atoms with Crippen LogP contribution in [0.1, 0.15) is 38.8 Å². The summed E-state index contributed by atoms with van der Waals surface area (Å²) in [6.45, 7) is 5.04. The second-order valence-corrected chi connectivity index (χ2v) is 7.19. The smallest absolute Gasteiger partial charge is 0.242 e. The van der Waals surface area contributed by atoms with E-state index in [1.54, 1.807) is 10.8 Å². The minimum absolute atomic E-state index is 0.0604. The third-order valence-corrected chi connectivity index (χ3v) is 5.29. The van der Waals surface area contributed by atoms with Gasteiger partial charge < -0.3 is 14.4 Å². The number of sulfonamides is 1. The zero-order valence-corrected chi connectivity index (χ0v) is 13.4. The van der Waals surface area contributed by atoms with Gasteiger partial charge in [0.05, 0.1) is 17.6 Å². The van der Waals surface area contributed by atoms with Crippen molar-refractivity contribution in [2.45, 2.75) is 63.3 Å². The lowest BCUT2D eigenvalue weighted by molar-refractivity contribution is 0.0902. The third-order valence-electron chi connectivity index (χ3n) is 3.76. The largest absolute Gasteiger partial charge is 0.390 e. The second kappa shape index (κ2) is 6.91. The van der Waals surface area contributed by atoms with Crippen LogP contribution in [0.3, 0.4) is 0 Å². The van der Waals surface area contributed by atoms with Gasteiger partial charge in [-0.1, -0.05) is 6.92 Å². The molecule has 0 aliphatic carbocycles. The van der Waals surface area contributed by atoms with Crippen molar-refractivity contribution in [1.82, 2.24) is 9.29 Å². The lowest BCUT2D eigenvalue weighted by Crippen LogP contribution is -2.40. The molecule has 2 N–H and O–H groups in total. The van der Waals surface area contributed by atoms with Gasteiger partial charge in [0, 0.05) is 31.1 Å². The molecule has 1 aliphatic rings.